The summed E-state index contributed by atoms with van der Waals surface area (Å²) in [4.78, 5) is 19.4. The highest BCUT2D eigenvalue weighted by Gasteiger charge is 2.20. The second kappa shape index (κ2) is 7.03. The molecule has 3 aromatic rings. The summed E-state index contributed by atoms with van der Waals surface area (Å²) in [6.45, 7) is 4.58. The Bertz CT molecular complexity index is 885. The average Bonchev–Trinajstić information content (AvgIpc) is 2.98. The maximum atomic E-state index is 12.9. The predicted octanol–water partition coefficient (Wildman–Crippen LogP) is 2.38. The number of aromatic nitrogens is 3. The highest BCUT2D eigenvalue weighted by atomic mass is 16.1. The van der Waals surface area contributed by atoms with Crippen LogP contribution in [0.15, 0.2) is 42.6 Å². The number of carbonyl (C=O) groups excluding carboxylic acids is 1. The Morgan fingerprint density at radius 1 is 1.24 bits per heavy atom. The molecule has 0 aliphatic heterocycles. The molecule has 6 nitrogen and oxygen atoms in total. The maximum absolute atomic E-state index is 12.9. The summed E-state index contributed by atoms with van der Waals surface area (Å²) in [5.41, 5.74) is 3.97. The molecular formula is C19H23N5O. The smallest absolute Gasteiger partial charge is 0.257 e. The molecule has 1 unspecified atom stereocenters. The summed E-state index contributed by atoms with van der Waals surface area (Å²) < 4.78 is 1.70. The summed E-state index contributed by atoms with van der Waals surface area (Å²) in [5, 5.41) is 7.43. The zero-order chi connectivity index (χ0) is 18.0. The van der Waals surface area contributed by atoms with Gasteiger partial charge in [-0.3, -0.25) is 4.79 Å². The second-order valence-electron chi connectivity index (χ2n) is 6.53. The van der Waals surface area contributed by atoms with Gasteiger partial charge in [0.05, 0.1) is 12.2 Å². The summed E-state index contributed by atoms with van der Waals surface area (Å²) in [6.07, 6.45) is 1.59. The van der Waals surface area contributed by atoms with E-state index in [1.807, 2.05) is 64.3 Å². The third kappa shape index (κ3) is 3.69. The zero-order valence-corrected chi connectivity index (χ0v) is 15.0. The van der Waals surface area contributed by atoms with Crippen molar-refractivity contribution in [3.05, 3.63) is 65.1 Å². The minimum Gasteiger partial charge on any atom is -0.344 e. The predicted molar refractivity (Wildman–Crippen MR) is 97.7 cm³/mol. The quantitative estimate of drug-likeness (QED) is 0.776. The van der Waals surface area contributed by atoms with E-state index in [0.29, 0.717) is 17.8 Å². The Balaban J connectivity index is 1.92. The first-order valence-electron chi connectivity index (χ1n) is 8.28. The van der Waals surface area contributed by atoms with E-state index < -0.39 is 0 Å². The van der Waals surface area contributed by atoms with E-state index in [4.69, 9.17) is 0 Å². The molecule has 1 N–H and O–H groups in total. The number of likely N-dealkylation sites (N-methyl/N-ethyl adjacent to an activating group) is 1. The normalized spacial score (nSPS) is 12.5. The van der Waals surface area contributed by atoms with Crippen molar-refractivity contribution in [1.29, 1.82) is 0 Å². The molecule has 2 heterocycles. The molecule has 0 bridgehead atoms. The van der Waals surface area contributed by atoms with Crippen molar-refractivity contribution in [3.63, 3.8) is 0 Å². The Morgan fingerprint density at radius 3 is 2.64 bits per heavy atom. The molecule has 1 aromatic carbocycles. The molecule has 2 aromatic heterocycles. The molecule has 1 atom stereocenters. The highest BCUT2D eigenvalue weighted by Crippen LogP contribution is 2.17. The average molecular weight is 337 g/mol. The van der Waals surface area contributed by atoms with Gasteiger partial charge in [-0.25, -0.2) is 9.50 Å². The Hall–Kier alpha value is -2.73. The molecule has 0 aliphatic rings. The minimum atomic E-state index is -0.164. The lowest BCUT2D eigenvalue weighted by Gasteiger charge is -2.22. The summed E-state index contributed by atoms with van der Waals surface area (Å²) in [5.74, 6) is -0.164. The molecule has 130 valence electrons. The van der Waals surface area contributed by atoms with Crippen molar-refractivity contribution in [2.24, 2.45) is 0 Å². The highest BCUT2D eigenvalue weighted by molar-refractivity contribution is 5.99. The van der Waals surface area contributed by atoms with E-state index in [1.165, 1.54) is 0 Å². The number of rotatable bonds is 5. The van der Waals surface area contributed by atoms with Crippen LogP contribution in [-0.4, -0.2) is 46.0 Å². The van der Waals surface area contributed by atoms with Crippen LogP contribution in [0.3, 0.4) is 0 Å². The lowest BCUT2D eigenvalue weighted by molar-refractivity contribution is 0.0931. The van der Waals surface area contributed by atoms with Crippen molar-refractivity contribution in [2.75, 3.05) is 20.6 Å². The van der Waals surface area contributed by atoms with Gasteiger partial charge in [0.2, 0.25) is 0 Å². The van der Waals surface area contributed by atoms with E-state index in [0.717, 1.165) is 17.0 Å². The first-order chi connectivity index (χ1) is 12.0. The molecular weight excluding hydrogens is 314 g/mol. The molecule has 1 amide bonds. The van der Waals surface area contributed by atoms with Gasteiger partial charge < -0.3 is 10.2 Å². The second-order valence-corrected chi connectivity index (χ2v) is 6.53. The van der Waals surface area contributed by atoms with Gasteiger partial charge in [0.25, 0.3) is 5.91 Å². The summed E-state index contributed by atoms with van der Waals surface area (Å²) in [7, 11) is 3.98. The van der Waals surface area contributed by atoms with Gasteiger partial charge in [-0.1, -0.05) is 30.3 Å². The number of nitrogens with zero attached hydrogens (tertiary/aromatic N) is 4. The van der Waals surface area contributed by atoms with Gasteiger partial charge in [-0.15, -0.1) is 0 Å². The number of nitrogens with one attached hydrogen (secondary N) is 1. The van der Waals surface area contributed by atoms with Crippen molar-refractivity contribution < 1.29 is 4.79 Å². The third-order valence-corrected chi connectivity index (χ3v) is 4.08. The molecule has 3 rings (SSSR count). The van der Waals surface area contributed by atoms with Crippen LogP contribution in [0.2, 0.25) is 0 Å². The number of fused-ring (bicyclic) bond motifs is 1. The van der Waals surface area contributed by atoms with Gasteiger partial charge in [0.15, 0.2) is 5.65 Å². The Morgan fingerprint density at radius 2 is 1.96 bits per heavy atom. The van der Waals surface area contributed by atoms with Gasteiger partial charge in [-0.05, 0) is 39.6 Å². The minimum absolute atomic E-state index is 0.107. The number of benzene rings is 1. The number of hydrogen-bond donors (Lipinski definition) is 1. The topological polar surface area (TPSA) is 62.5 Å². The Kier molecular flexibility index (Phi) is 4.81. The lowest BCUT2D eigenvalue weighted by atomic mass is 10.1. The van der Waals surface area contributed by atoms with Crippen LogP contribution in [0.4, 0.5) is 0 Å². The Labute approximate surface area is 147 Å². The van der Waals surface area contributed by atoms with Gasteiger partial charge in [0, 0.05) is 17.9 Å². The fourth-order valence-corrected chi connectivity index (χ4v) is 2.95. The molecule has 25 heavy (non-hydrogen) atoms. The maximum Gasteiger partial charge on any atom is 0.257 e. The molecule has 0 saturated carbocycles. The van der Waals surface area contributed by atoms with Gasteiger partial charge in [0.1, 0.15) is 5.56 Å². The molecule has 0 spiro atoms. The van der Waals surface area contributed by atoms with Gasteiger partial charge >= 0.3 is 0 Å². The van der Waals surface area contributed by atoms with Crippen LogP contribution in [0.1, 0.15) is 33.4 Å². The van der Waals surface area contributed by atoms with E-state index in [1.54, 1.807) is 10.7 Å². The van der Waals surface area contributed by atoms with Crippen LogP contribution in [0.25, 0.3) is 5.65 Å². The first kappa shape index (κ1) is 17.1. The number of carbonyl (C=O) groups is 1. The van der Waals surface area contributed by atoms with Crippen molar-refractivity contribution in [3.8, 4) is 0 Å². The van der Waals surface area contributed by atoms with Crippen LogP contribution in [-0.2, 0) is 0 Å². The number of hydrogen-bond acceptors (Lipinski definition) is 4. The molecule has 0 aliphatic carbocycles. The third-order valence-electron chi connectivity index (χ3n) is 4.08. The first-order valence-corrected chi connectivity index (χ1v) is 8.28. The van der Waals surface area contributed by atoms with E-state index in [2.05, 4.69) is 20.3 Å². The number of aryl methyl sites for hydroxylation is 2. The molecule has 0 fully saturated rings. The summed E-state index contributed by atoms with van der Waals surface area (Å²) >= 11 is 0. The summed E-state index contributed by atoms with van der Waals surface area (Å²) in [6, 6.07) is 11.8. The van der Waals surface area contributed by atoms with Crippen LogP contribution in [0.5, 0.6) is 0 Å². The van der Waals surface area contributed by atoms with Crippen molar-refractivity contribution in [2.45, 2.75) is 19.9 Å². The largest absolute Gasteiger partial charge is 0.344 e. The van der Waals surface area contributed by atoms with Gasteiger partial charge in [-0.2, -0.15) is 5.10 Å². The van der Waals surface area contributed by atoms with Crippen LogP contribution < -0.4 is 5.32 Å². The number of amides is 1. The monoisotopic (exact) mass is 337 g/mol. The fraction of sp³-hybridized carbons (Fsp3) is 0.316. The SMILES string of the molecule is Cc1cc(C)n2ncc(C(=O)NC(CN(C)C)c3ccccc3)c2n1. The zero-order valence-electron chi connectivity index (χ0n) is 15.0. The fourth-order valence-electron chi connectivity index (χ4n) is 2.95. The van der Waals surface area contributed by atoms with Crippen LogP contribution >= 0.6 is 0 Å². The van der Waals surface area contributed by atoms with Crippen molar-refractivity contribution >= 4 is 11.6 Å². The molecule has 0 radical (unpaired) electrons. The van der Waals surface area contributed by atoms with Crippen molar-refractivity contribution in [1.82, 2.24) is 24.8 Å². The molecule has 0 saturated heterocycles. The van der Waals surface area contributed by atoms with E-state index >= 15 is 0 Å². The lowest BCUT2D eigenvalue weighted by Crippen LogP contribution is -2.35. The van der Waals surface area contributed by atoms with Crippen LogP contribution in [0, 0.1) is 13.8 Å². The van der Waals surface area contributed by atoms with E-state index in [9.17, 15) is 4.79 Å². The van der Waals surface area contributed by atoms with E-state index in [-0.39, 0.29) is 11.9 Å². The standard InChI is InChI=1S/C19H23N5O/c1-13-10-14(2)24-18(21-13)16(11-20-24)19(25)22-17(12-23(3)4)15-8-6-5-7-9-15/h5-11,17H,12H2,1-4H3,(H,22,25). The molecule has 6 heteroatoms.